The third-order valence-corrected chi connectivity index (χ3v) is 3.95. The minimum Gasteiger partial charge on any atom is -0.550 e. The van der Waals surface area contributed by atoms with Crippen molar-refractivity contribution in [3.8, 4) is 0 Å². The van der Waals surface area contributed by atoms with Crippen LogP contribution in [0.15, 0.2) is 6.07 Å². The van der Waals surface area contributed by atoms with Crippen LogP contribution < -0.4 is 20.6 Å². The van der Waals surface area contributed by atoms with E-state index in [2.05, 4.69) is 10.6 Å². The quantitative estimate of drug-likeness (QED) is 0.527. The Bertz CT molecular complexity index is 554. The Labute approximate surface area is 133 Å². The molecule has 0 aliphatic heterocycles. The molecule has 0 unspecified atom stereocenters. The summed E-state index contributed by atoms with van der Waals surface area (Å²) < 4.78 is 0. The Balaban J connectivity index is 2.79. The molecule has 1 aromatic heterocycles. The van der Waals surface area contributed by atoms with Gasteiger partial charge in [0.05, 0.1) is 19.7 Å². The summed E-state index contributed by atoms with van der Waals surface area (Å²) >= 11 is 1.35. The second kappa shape index (κ2) is 8.50. The zero-order valence-corrected chi connectivity index (χ0v) is 13.8. The van der Waals surface area contributed by atoms with E-state index in [4.69, 9.17) is 0 Å². The molecule has 0 atom stereocenters. The lowest BCUT2D eigenvalue weighted by molar-refractivity contribution is -0.849. The van der Waals surface area contributed by atoms with Gasteiger partial charge in [-0.15, -0.1) is 11.3 Å². The van der Waals surface area contributed by atoms with Crippen molar-refractivity contribution in [3.63, 3.8) is 0 Å². The van der Waals surface area contributed by atoms with Gasteiger partial charge in [-0.25, -0.2) is 0 Å². The lowest BCUT2D eigenvalue weighted by Gasteiger charge is -2.09. The van der Waals surface area contributed by atoms with Gasteiger partial charge in [-0.3, -0.25) is 9.59 Å². The van der Waals surface area contributed by atoms with Crippen LogP contribution in [0.3, 0.4) is 0 Å². The maximum Gasteiger partial charge on any atom is 0.280 e. The molecule has 7 nitrogen and oxygen atoms in total. The lowest BCUT2D eigenvalue weighted by atomic mass is 10.2. The Morgan fingerprint density at radius 1 is 1.32 bits per heavy atom. The highest BCUT2D eigenvalue weighted by Crippen LogP contribution is 2.28. The molecule has 0 bridgehead atoms. The van der Waals surface area contributed by atoms with Crippen molar-refractivity contribution in [2.24, 2.45) is 0 Å². The zero-order chi connectivity index (χ0) is 16.7. The summed E-state index contributed by atoms with van der Waals surface area (Å²) in [7, 11) is 3.72. The lowest BCUT2D eigenvalue weighted by Crippen LogP contribution is -3.06. The number of quaternary nitrogens is 1. The molecule has 0 fully saturated rings. The van der Waals surface area contributed by atoms with Crippen molar-refractivity contribution < 1.29 is 24.4 Å². The topological polar surface area (TPSA) is 103 Å². The first-order chi connectivity index (χ1) is 10.3. The van der Waals surface area contributed by atoms with E-state index in [0.29, 0.717) is 17.1 Å². The molecule has 8 heteroatoms. The number of carbonyl (C=O) groups excluding carboxylic acids is 3. The molecule has 0 aliphatic carbocycles. The third-order valence-electron chi connectivity index (χ3n) is 2.76. The van der Waals surface area contributed by atoms with Crippen molar-refractivity contribution in [1.29, 1.82) is 0 Å². The van der Waals surface area contributed by atoms with E-state index in [9.17, 15) is 19.5 Å². The second-order valence-electron chi connectivity index (χ2n) is 5.12. The fourth-order valence-corrected chi connectivity index (χ4v) is 2.75. The van der Waals surface area contributed by atoms with Crippen LogP contribution in [0.2, 0.25) is 0 Å². The molecule has 3 N–H and O–H groups in total. The first-order valence-electron chi connectivity index (χ1n) is 7.03. The molecule has 1 aromatic rings. The standard InChI is InChI=1S/C14H21N3O4S/c1-4-9-7-10(13(21)15-6-5-12(19)20)14(22-9)16-11(18)8-17(2)3/h7H,4-6,8H2,1-3H3,(H,15,21)(H,16,18)(H,19,20). The summed E-state index contributed by atoms with van der Waals surface area (Å²) in [4.78, 5) is 36.3. The average Bonchev–Trinajstić information content (AvgIpc) is 2.80. The maximum absolute atomic E-state index is 12.1. The SMILES string of the molecule is CCc1cc(C(=O)NCCC(=O)[O-])c(NC(=O)C[NH+](C)C)s1. The zero-order valence-electron chi connectivity index (χ0n) is 12.9. The normalized spacial score (nSPS) is 10.5. The van der Waals surface area contributed by atoms with Crippen molar-refractivity contribution >= 4 is 34.1 Å². The molecular weight excluding hydrogens is 306 g/mol. The van der Waals surface area contributed by atoms with Gasteiger partial charge < -0.3 is 25.4 Å². The summed E-state index contributed by atoms with van der Waals surface area (Å²) in [5.74, 6) is -1.79. The van der Waals surface area contributed by atoms with Crippen LogP contribution in [0, 0.1) is 0 Å². The first-order valence-corrected chi connectivity index (χ1v) is 7.84. The number of rotatable bonds is 8. The van der Waals surface area contributed by atoms with Gasteiger partial charge in [-0.2, -0.15) is 0 Å². The van der Waals surface area contributed by atoms with Crippen molar-refractivity contribution in [2.45, 2.75) is 19.8 Å². The molecule has 2 amide bonds. The van der Waals surface area contributed by atoms with Gasteiger partial charge >= 0.3 is 0 Å². The molecule has 0 saturated heterocycles. The predicted molar refractivity (Wildman–Crippen MR) is 82.0 cm³/mol. The van der Waals surface area contributed by atoms with Crippen LogP contribution in [-0.2, 0) is 16.0 Å². The molecule has 1 heterocycles. The van der Waals surface area contributed by atoms with Gasteiger partial charge in [0, 0.05) is 23.8 Å². The number of thiophene rings is 1. The smallest absolute Gasteiger partial charge is 0.280 e. The van der Waals surface area contributed by atoms with Crippen LogP contribution in [0.1, 0.15) is 28.6 Å². The Kier molecular flexibility index (Phi) is 7.00. The molecule has 122 valence electrons. The van der Waals surface area contributed by atoms with Crippen molar-refractivity contribution in [1.82, 2.24) is 5.32 Å². The monoisotopic (exact) mass is 327 g/mol. The van der Waals surface area contributed by atoms with Gasteiger partial charge in [-0.05, 0) is 12.5 Å². The van der Waals surface area contributed by atoms with E-state index >= 15 is 0 Å². The van der Waals surface area contributed by atoms with Crippen LogP contribution in [0.5, 0.6) is 0 Å². The van der Waals surface area contributed by atoms with Gasteiger partial charge in [0.25, 0.3) is 11.8 Å². The number of hydrogen-bond donors (Lipinski definition) is 3. The number of amides is 2. The molecule has 0 radical (unpaired) electrons. The molecule has 0 aliphatic rings. The number of aryl methyl sites for hydroxylation is 1. The van der Waals surface area contributed by atoms with E-state index in [0.717, 1.165) is 16.2 Å². The summed E-state index contributed by atoms with van der Waals surface area (Å²) in [6.45, 7) is 2.25. The van der Waals surface area contributed by atoms with E-state index in [1.54, 1.807) is 6.07 Å². The van der Waals surface area contributed by atoms with E-state index in [-0.39, 0.29) is 18.9 Å². The van der Waals surface area contributed by atoms with Gasteiger partial charge in [0.2, 0.25) is 0 Å². The third kappa shape index (κ3) is 5.82. The van der Waals surface area contributed by atoms with Crippen molar-refractivity contribution in [3.05, 3.63) is 16.5 Å². The van der Waals surface area contributed by atoms with Crippen LogP contribution in [-0.4, -0.2) is 45.0 Å². The Morgan fingerprint density at radius 2 is 2.00 bits per heavy atom. The number of aliphatic carboxylic acids is 1. The highest BCUT2D eigenvalue weighted by atomic mass is 32.1. The average molecular weight is 327 g/mol. The van der Waals surface area contributed by atoms with E-state index in [1.165, 1.54) is 11.3 Å². The van der Waals surface area contributed by atoms with Crippen molar-refractivity contribution in [2.75, 3.05) is 32.5 Å². The number of carboxylic acids is 1. The van der Waals surface area contributed by atoms with Crippen LogP contribution in [0.4, 0.5) is 5.00 Å². The largest absolute Gasteiger partial charge is 0.550 e. The second-order valence-corrected chi connectivity index (χ2v) is 6.26. The first kappa shape index (κ1) is 18.1. The number of hydrogen-bond acceptors (Lipinski definition) is 5. The summed E-state index contributed by atoms with van der Waals surface area (Å²) in [6, 6.07) is 1.72. The summed E-state index contributed by atoms with van der Waals surface area (Å²) in [5, 5.41) is 16.1. The minimum atomic E-state index is -1.22. The number of carboxylic acid groups (broad SMARTS) is 1. The van der Waals surface area contributed by atoms with E-state index < -0.39 is 11.9 Å². The number of nitrogens with one attached hydrogen (secondary N) is 3. The minimum absolute atomic E-state index is 0.00625. The van der Waals surface area contributed by atoms with Gasteiger partial charge in [-0.1, -0.05) is 6.92 Å². The molecule has 0 spiro atoms. The molecule has 0 aromatic carbocycles. The van der Waals surface area contributed by atoms with Crippen LogP contribution in [0.25, 0.3) is 0 Å². The fourth-order valence-electron chi connectivity index (χ4n) is 1.74. The number of carbonyl (C=O) groups is 3. The van der Waals surface area contributed by atoms with E-state index in [1.807, 2.05) is 21.0 Å². The number of anilines is 1. The molecule has 22 heavy (non-hydrogen) atoms. The Morgan fingerprint density at radius 3 is 2.55 bits per heavy atom. The summed E-state index contributed by atoms with van der Waals surface area (Å²) in [5.41, 5.74) is 0.363. The van der Waals surface area contributed by atoms with Gasteiger partial charge in [0.15, 0.2) is 6.54 Å². The maximum atomic E-state index is 12.1. The fraction of sp³-hybridized carbons (Fsp3) is 0.500. The molecule has 1 rings (SSSR count). The highest BCUT2D eigenvalue weighted by molar-refractivity contribution is 7.16. The van der Waals surface area contributed by atoms with Gasteiger partial charge in [0.1, 0.15) is 5.00 Å². The molecular formula is C14H21N3O4S. The summed E-state index contributed by atoms with van der Waals surface area (Å²) in [6.07, 6.45) is 0.501. The molecule has 0 saturated carbocycles. The predicted octanol–water partition coefficient (Wildman–Crippen LogP) is -1.74. The highest BCUT2D eigenvalue weighted by Gasteiger charge is 2.18. The Hall–Kier alpha value is -1.93. The number of likely N-dealkylation sites (N-methyl/N-ethyl adjacent to an activating group) is 1. The van der Waals surface area contributed by atoms with Crippen LogP contribution >= 0.6 is 11.3 Å².